The third-order valence-corrected chi connectivity index (χ3v) is 7.96. The maximum Gasteiger partial charge on any atom is 0.337 e. The van der Waals surface area contributed by atoms with Crippen molar-refractivity contribution < 1.29 is 46.1 Å². The van der Waals surface area contributed by atoms with Gasteiger partial charge in [0.25, 0.3) is 20.2 Å². The molecule has 218 valence electrons. The third-order valence-electron chi connectivity index (χ3n) is 6.22. The van der Waals surface area contributed by atoms with Crippen LogP contribution in [0.25, 0.3) is 21.5 Å². The first-order chi connectivity index (χ1) is 20.3. The number of phenolic OH excluding ortho intramolecular Hbond substituents is 2. The van der Waals surface area contributed by atoms with Gasteiger partial charge in [0.05, 0.1) is 16.6 Å². The van der Waals surface area contributed by atoms with Gasteiger partial charge in [0.1, 0.15) is 26.9 Å². The van der Waals surface area contributed by atoms with Gasteiger partial charge in [-0.1, -0.05) is 48.5 Å². The van der Waals surface area contributed by atoms with Gasteiger partial charge in [0.2, 0.25) is 0 Å². The zero-order chi connectivity index (χ0) is 31.1. The van der Waals surface area contributed by atoms with E-state index in [0.717, 1.165) is 5.39 Å². The molecule has 0 amide bonds. The van der Waals surface area contributed by atoms with E-state index in [-0.39, 0.29) is 16.9 Å². The number of fused-ring (bicyclic) bond motifs is 2. The molecular formula is C27H18N4O10S2. The molecule has 14 nitrogen and oxygen atoms in total. The minimum atomic E-state index is -5.18. The van der Waals surface area contributed by atoms with Gasteiger partial charge in [-0.25, -0.2) is 4.79 Å². The molecule has 16 heteroatoms. The van der Waals surface area contributed by atoms with Gasteiger partial charge in [0.15, 0.2) is 11.5 Å². The zero-order valence-corrected chi connectivity index (χ0v) is 23.0. The monoisotopic (exact) mass is 622 g/mol. The van der Waals surface area contributed by atoms with Crippen molar-refractivity contribution in [3.8, 4) is 11.5 Å². The SMILES string of the molecule is O=C(O)c1ccccc1N=Nc1c(S(=O)(=O)O)cc2cc(S(=O)(=O)O)c(N=Nc3cccc4ccccc34)c(O)c2c1O. The molecule has 0 bridgehead atoms. The summed E-state index contributed by atoms with van der Waals surface area (Å²) in [7, 11) is -10.3. The number of phenols is 2. The van der Waals surface area contributed by atoms with Gasteiger partial charge in [-0.05, 0) is 41.1 Å². The standard InChI is InChI=1S/C27H18N4O10S2/c32-25-22-15(12-20(42(36,37)38)23(25)30-28-18-11-5-7-14-6-1-2-8-16(14)18)13-21(43(39,40)41)24(26(22)33)31-29-19-10-4-3-9-17(19)27(34)35/h1-13,32-33H,(H,34,35)(H,36,37,38)(H,39,40,41). The van der Waals surface area contributed by atoms with Gasteiger partial charge >= 0.3 is 5.97 Å². The number of hydrogen-bond donors (Lipinski definition) is 5. The van der Waals surface area contributed by atoms with Crippen LogP contribution in [0, 0.1) is 0 Å². The molecule has 0 unspecified atom stereocenters. The summed E-state index contributed by atoms with van der Waals surface area (Å²) in [5.74, 6) is -3.53. The largest absolute Gasteiger partial charge is 0.505 e. The number of hydrogen-bond acceptors (Lipinski definition) is 11. The Balaban J connectivity index is 1.79. The molecule has 0 atom stereocenters. The molecule has 0 spiro atoms. The Morgan fingerprint density at radius 1 is 0.605 bits per heavy atom. The van der Waals surface area contributed by atoms with E-state index < -0.39 is 69.6 Å². The van der Waals surface area contributed by atoms with Crippen molar-refractivity contribution in [1.29, 1.82) is 0 Å². The van der Waals surface area contributed by atoms with Crippen LogP contribution in [0.15, 0.2) is 109 Å². The van der Waals surface area contributed by atoms with Crippen LogP contribution in [0.1, 0.15) is 10.4 Å². The van der Waals surface area contributed by atoms with Crippen LogP contribution >= 0.6 is 0 Å². The van der Waals surface area contributed by atoms with Gasteiger partial charge in [0, 0.05) is 5.39 Å². The molecule has 0 aliphatic carbocycles. The Morgan fingerprint density at radius 3 is 1.67 bits per heavy atom. The summed E-state index contributed by atoms with van der Waals surface area (Å²) in [6.07, 6.45) is 0. The molecule has 0 aliphatic rings. The Hall–Kier alpha value is -5.29. The van der Waals surface area contributed by atoms with Crippen LogP contribution in [0.2, 0.25) is 0 Å². The summed E-state index contributed by atoms with van der Waals surface area (Å²) in [6, 6.07) is 18.7. The number of benzene rings is 5. The van der Waals surface area contributed by atoms with Crippen LogP contribution in [0.3, 0.4) is 0 Å². The second kappa shape index (κ2) is 10.8. The average Bonchev–Trinajstić information content (AvgIpc) is 2.94. The fraction of sp³-hybridized carbons (Fsp3) is 0. The summed E-state index contributed by atoms with van der Waals surface area (Å²) >= 11 is 0. The lowest BCUT2D eigenvalue weighted by atomic mass is 10.1. The Morgan fingerprint density at radius 2 is 1.09 bits per heavy atom. The van der Waals surface area contributed by atoms with E-state index in [1.165, 1.54) is 24.3 Å². The number of aromatic hydroxyl groups is 2. The third kappa shape index (κ3) is 5.62. The summed E-state index contributed by atoms with van der Waals surface area (Å²) in [5, 5.41) is 47.2. The maximum absolute atomic E-state index is 12.3. The molecule has 5 aromatic carbocycles. The van der Waals surface area contributed by atoms with Crippen LogP contribution < -0.4 is 0 Å². The molecule has 0 fully saturated rings. The van der Waals surface area contributed by atoms with Gasteiger partial charge in [-0.15, -0.1) is 20.5 Å². The highest BCUT2D eigenvalue weighted by Crippen LogP contribution is 2.50. The van der Waals surface area contributed by atoms with Crippen molar-refractivity contribution in [2.45, 2.75) is 9.79 Å². The fourth-order valence-corrected chi connectivity index (χ4v) is 5.61. The topological polar surface area (TPSA) is 236 Å². The van der Waals surface area contributed by atoms with E-state index in [2.05, 4.69) is 20.5 Å². The molecule has 0 saturated carbocycles. The lowest BCUT2D eigenvalue weighted by Gasteiger charge is -2.13. The molecule has 0 aliphatic heterocycles. The highest BCUT2D eigenvalue weighted by Gasteiger charge is 2.29. The predicted octanol–water partition coefficient (Wildman–Crippen LogP) is 6.43. The number of carboxylic acids is 1. The van der Waals surface area contributed by atoms with Crippen molar-refractivity contribution >= 4 is 70.5 Å². The fourth-order valence-electron chi connectivity index (χ4n) is 4.29. The smallest absolute Gasteiger partial charge is 0.337 e. The van der Waals surface area contributed by atoms with Crippen LogP contribution in [0.5, 0.6) is 11.5 Å². The molecule has 0 saturated heterocycles. The van der Waals surface area contributed by atoms with E-state index in [0.29, 0.717) is 17.5 Å². The van der Waals surface area contributed by atoms with Gasteiger partial charge in [-0.2, -0.15) is 16.8 Å². The van der Waals surface area contributed by atoms with E-state index in [1.54, 1.807) is 42.5 Å². The number of azo groups is 2. The Bertz CT molecular complexity index is 2250. The number of carbonyl (C=O) groups is 1. The number of aromatic carboxylic acids is 1. The van der Waals surface area contributed by atoms with Crippen molar-refractivity contribution in [1.82, 2.24) is 0 Å². The van der Waals surface area contributed by atoms with Crippen molar-refractivity contribution in [3.63, 3.8) is 0 Å². The number of nitrogens with zero attached hydrogens (tertiary/aromatic N) is 4. The second-order valence-electron chi connectivity index (χ2n) is 8.91. The minimum absolute atomic E-state index is 0.244. The van der Waals surface area contributed by atoms with Crippen molar-refractivity contribution in [3.05, 3.63) is 84.4 Å². The zero-order valence-electron chi connectivity index (χ0n) is 21.4. The normalized spacial score (nSPS) is 12.5. The average molecular weight is 623 g/mol. The molecule has 0 aromatic heterocycles. The number of carboxylic acid groups (broad SMARTS) is 1. The quantitative estimate of drug-likeness (QED) is 0.0985. The predicted molar refractivity (Wildman–Crippen MR) is 153 cm³/mol. The van der Waals surface area contributed by atoms with E-state index >= 15 is 0 Å². The summed E-state index contributed by atoms with van der Waals surface area (Å²) in [5.41, 5.74) is -2.03. The molecule has 0 radical (unpaired) electrons. The maximum atomic E-state index is 12.3. The molecule has 0 heterocycles. The van der Waals surface area contributed by atoms with Crippen LogP contribution in [-0.2, 0) is 20.2 Å². The number of rotatable bonds is 7. The first-order valence-corrected chi connectivity index (χ1v) is 14.8. The van der Waals surface area contributed by atoms with E-state index in [1.807, 2.05) is 0 Å². The highest BCUT2D eigenvalue weighted by atomic mass is 32.2. The highest BCUT2D eigenvalue weighted by molar-refractivity contribution is 7.86. The Labute approximate surface area is 242 Å². The minimum Gasteiger partial charge on any atom is -0.505 e. The molecule has 5 aromatic rings. The van der Waals surface area contributed by atoms with Crippen molar-refractivity contribution in [2.24, 2.45) is 20.5 Å². The van der Waals surface area contributed by atoms with Gasteiger partial charge < -0.3 is 15.3 Å². The summed E-state index contributed by atoms with van der Waals surface area (Å²) in [4.78, 5) is 9.46. The first-order valence-electron chi connectivity index (χ1n) is 11.9. The van der Waals surface area contributed by atoms with E-state index in [9.17, 15) is 46.1 Å². The van der Waals surface area contributed by atoms with Crippen LogP contribution in [-0.4, -0.2) is 47.2 Å². The van der Waals surface area contributed by atoms with Gasteiger partial charge in [-0.3, -0.25) is 9.11 Å². The molecule has 43 heavy (non-hydrogen) atoms. The second-order valence-corrected chi connectivity index (χ2v) is 11.7. The Kier molecular flexibility index (Phi) is 7.37. The lowest BCUT2D eigenvalue weighted by Crippen LogP contribution is -2.02. The molecular weight excluding hydrogens is 604 g/mol. The summed E-state index contributed by atoms with van der Waals surface area (Å²) < 4.78 is 68.8. The summed E-state index contributed by atoms with van der Waals surface area (Å²) in [6.45, 7) is 0. The first kappa shape index (κ1) is 29.2. The van der Waals surface area contributed by atoms with E-state index in [4.69, 9.17) is 0 Å². The van der Waals surface area contributed by atoms with Crippen LogP contribution in [0.4, 0.5) is 22.7 Å². The van der Waals surface area contributed by atoms with Crippen molar-refractivity contribution in [2.75, 3.05) is 0 Å². The molecule has 5 N–H and O–H groups in total. The molecule has 5 rings (SSSR count). The lowest BCUT2D eigenvalue weighted by molar-refractivity contribution is 0.0697.